The number of halogens is 1. The summed E-state index contributed by atoms with van der Waals surface area (Å²) in [6.45, 7) is 0.152. The van der Waals surface area contributed by atoms with Crippen molar-refractivity contribution in [3.05, 3.63) is 65.6 Å². The van der Waals surface area contributed by atoms with E-state index in [1.54, 1.807) is 18.5 Å². The molecule has 0 aliphatic carbocycles. The number of nitrogens with zero attached hydrogens (tertiary/aromatic N) is 4. The summed E-state index contributed by atoms with van der Waals surface area (Å²) in [4.78, 5) is 19.9. The third-order valence-electron chi connectivity index (χ3n) is 2.85. The van der Waals surface area contributed by atoms with Crippen LogP contribution in [0.25, 0.3) is 5.82 Å². The van der Waals surface area contributed by atoms with Gasteiger partial charge in [0.15, 0.2) is 5.82 Å². The van der Waals surface area contributed by atoms with E-state index >= 15 is 0 Å². The lowest BCUT2D eigenvalue weighted by molar-refractivity contribution is 0.155. The summed E-state index contributed by atoms with van der Waals surface area (Å²) in [5.41, 5.74) is 0.881. The highest BCUT2D eigenvalue weighted by Gasteiger charge is 2.10. The number of benzene rings is 1. The first kappa shape index (κ1) is 15.0. The Morgan fingerprint density at radius 1 is 1.22 bits per heavy atom. The van der Waals surface area contributed by atoms with Gasteiger partial charge in [-0.25, -0.2) is 14.5 Å². The van der Waals surface area contributed by atoms with Crippen molar-refractivity contribution < 1.29 is 9.53 Å². The number of rotatable bonds is 4. The minimum absolute atomic E-state index is 0.0426. The molecule has 7 nitrogen and oxygen atoms in total. The van der Waals surface area contributed by atoms with Gasteiger partial charge in [-0.2, -0.15) is 10.1 Å². The molecular weight excluding hydrogens is 318 g/mol. The van der Waals surface area contributed by atoms with Gasteiger partial charge in [0.05, 0.1) is 0 Å². The lowest BCUT2D eigenvalue weighted by Gasteiger charge is -2.07. The second-order valence-corrected chi connectivity index (χ2v) is 4.90. The minimum Gasteiger partial charge on any atom is -0.444 e. The Hall–Kier alpha value is -2.93. The summed E-state index contributed by atoms with van der Waals surface area (Å²) in [7, 11) is 0. The zero-order chi connectivity index (χ0) is 16.1. The standard InChI is InChI=1S/C15H12ClN5O2/c16-12-9-13(21-8-4-7-17-21)19-14(18-12)20-15(22)23-10-11-5-2-1-3-6-11/h1-9H,10H2,(H,18,19,20,22). The number of amides is 1. The summed E-state index contributed by atoms with van der Waals surface area (Å²) in [5.74, 6) is 0.481. The maximum atomic E-state index is 11.8. The second-order valence-electron chi connectivity index (χ2n) is 4.51. The van der Waals surface area contributed by atoms with Crippen molar-refractivity contribution in [2.24, 2.45) is 0 Å². The van der Waals surface area contributed by atoms with Crippen LogP contribution in [0, 0.1) is 0 Å². The number of anilines is 1. The van der Waals surface area contributed by atoms with E-state index in [0.717, 1.165) is 5.56 Å². The number of carbonyl (C=O) groups excluding carboxylic acids is 1. The maximum absolute atomic E-state index is 11.8. The van der Waals surface area contributed by atoms with Crippen LogP contribution in [0.15, 0.2) is 54.9 Å². The van der Waals surface area contributed by atoms with Crippen LogP contribution >= 0.6 is 11.6 Å². The Morgan fingerprint density at radius 2 is 2.04 bits per heavy atom. The van der Waals surface area contributed by atoms with Crippen molar-refractivity contribution in [1.82, 2.24) is 19.7 Å². The molecular formula is C15H12ClN5O2. The van der Waals surface area contributed by atoms with Crippen LogP contribution in [0.3, 0.4) is 0 Å². The summed E-state index contributed by atoms with van der Waals surface area (Å²) < 4.78 is 6.61. The Labute approximate surface area is 136 Å². The van der Waals surface area contributed by atoms with Gasteiger partial charge in [0.25, 0.3) is 0 Å². The monoisotopic (exact) mass is 329 g/mol. The van der Waals surface area contributed by atoms with Gasteiger partial charge in [-0.05, 0) is 11.6 Å². The molecule has 8 heteroatoms. The molecule has 1 amide bonds. The third kappa shape index (κ3) is 4.04. The topological polar surface area (TPSA) is 81.9 Å². The Morgan fingerprint density at radius 3 is 2.78 bits per heavy atom. The molecule has 0 radical (unpaired) electrons. The SMILES string of the molecule is O=C(Nc1nc(Cl)cc(-n2cccn2)n1)OCc1ccccc1. The average Bonchev–Trinajstić information content (AvgIpc) is 3.08. The van der Waals surface area contributed by atoms with Crippen LogP contribution in [0.4, 0.5) is 10.7 Å². The van der Waals surface area contributed by atoms with Crippen LogP contribution < -0.4 is 5.32 Å². The number of ether oxygens (including phenoxy) is 1. The molecule has 3 rings (SSSR count). The quantitative estimate of drug-likeness (QED) is 0.744. The van der Waals surface area contributed by atoms with Crippen molar-refractivity contribution >= 4 is 23.6 Å². The Kier molecular flexibility index (Phi) is 4.49. The maximum Gasteiger partial charge on any atom is 0.414 e. The van der Waals surface area contributed by atoms with E-state index < -0.39 is 6.09 Å². The average molecular weight is 330 g/mol. The van der Waals surface area contributed by atoms with Gasteiger partial charge in [-0.3, -0.25) is 5.32 Å². The molecule has 0 saturated heterocycles. The number of hydrogen-bond donors (Lipinski definition) is 1. The van der Waals surface area contributed by atoms with E-state index in [4.69, 9.17) is 16.3 Å². The Balaban J connectivity index is 1.66. The largest absolute Gasteiger partial charge is 0.444 e. The molecule has 0 atom stereocenters. The van der Waals surface area contributed by atoms with Gasteiger partial charge in [-0.15, -0.1) is 0 Å². The van der Waals surface area contributed by atoms with Gasteiger partial charge >= 0.3 is 6.09 Å². The molecule has 0 aliphatic heterocycles. The predicted octanol–water partition coefficient (Wildman–Crippen LogP) is 3.06. The zero-order valence-electron chi connectivity index (χ0n) is 11.9. The molecule has 0 fully saturated rings. The molecule has 1 aromatic carbocycles. The Bertz CT molecular complexity index is 793. The van der Waals surface area contributed by atoms with Crippen molar-refractivity contribution in [3.63, 3.8) is 0 Å². The van der Waals surface area contributed by atoms with Crippen molar-refractivity contribution in [1.29, 1.82) is 0 Å². The lowest BCUT2D eigenvalue weighted by Crippen LogP contribution is -2.16. The fourth-order valence-electron chi connectivity index (χ4n) is 1.83. The first-order valence-corrected chi connectivity index (χ1v) is 7.11. The van der Waals surface area contributed by atoms with E-state index in [1.807, 2.05) is 30.3 Å². The molecule has 0 spiro atoms. The predicted molar refractivity (Wildman–Crippen MR) is 84.4 cm³/mol. The van der Waals surface area contributed by atoms with Crippen molar-refractivity contribution in [3.8, 4) is 5.82 Å². The van der Waals surface area contributed by atoms with Gasteiger partial charge in [-0.1, -0.05) is 41.9 Å². The normalized spacial score (nSPS) is 10.3. The second kappa shape index (κ2) is 6.89. The molecule has 1 N–H and O–H groups in total. The van der Waals surface area contributed by atoms with E-state index in [9.17, 15) is 4.79 Å². The van der Waals surface area contributed by atoms with Crippen molar-refractivity contribution in [2.75, 3.05) is 5.32 Å². The van der Waals surface area contributed by atoms with E-state index in [0.29, 0.717) is 5.82 Å². The molecule has 2 aromatic heterocycles. The van der Waals surface area contributed by atoms with E-state index in [1.165, 1.54) is 10.7 Å². The highest BCUT2D eigenvalue weighted by Crippen LogP contribution is 2.13. The first-order valence-electron chi connectivity index (χ1n) is 6.73. The van der Waals surface area contributed by atoms with Crippen molar-refractivity contribution in [2.45, 2.75) is 6.61 Å². The fourth-order valence-corrected chi connectivity index (χ4v) is 2.01. The van der Waals surface area contributed by atoms with Gasteiger partial charge < -0.3 is 4.74 Å². The van der Waals surface area contributed by atoms with Crippen LogP contribution in [0.2, 0.25) is 5.15 Å². The number of carbonyl (C=O) groups is 1. The lowest BCUT2D eigenvalue weighted by atomic mass is 10.2. The zero-order valence-corrected chi connectivity index (χ0v) is 12.6. The number of nitrogens with one attached hydrogen (secondary N) is 1. The molecule has 3 aromatic rings. The van der Waals surface area contributed by atoms with Crippen LogP contribution in [-0.4, -0.2) is 25.8 Å². The van der Waals surface area contributed by atoms with Gasteiger partial charge in [0.1, 0.15) is 11.8 Å². The van der Waals surface area contributed by atoms with Crippen LogP contribution in [-0.2, 0) is 11.3 Å². The molecule has 23 heavy (non-hydrogen) atoms. The van der Waals surface area contributed by atoms with E-state index in [2.05, 4.69) is 20.4 Å². The fraction of sp³-hybridized carbons (Fsp3) is 0.0667. The third-order valence-corrected chi connectivity index (χ3v) is 3.04. The van der Waals surface area contributed by atoms with Crippen LogP contribution in [0.1, 0.15) is 5.56 Å². The molecule has 0 bridgehead atoms. The number of hydrogen-bond acceptors (Lipinski definition) is 5. The highest BCUT2D eigenvalue weighted by atomic mass is 35.5. The first-order chi connectivity index (χ1) is 11.2. The summed E-state index contributed by atoms with van der Waals surface area (Å²) in [5, 5.41) is 6.68. The summed E-state index contributed by atoms with van der Waals surface area (Å²) in [6, 6.07) is 12.6. The molecule has 0 aliphatic rings. The van der Waals surface area contributed by atoms with Gasteiger partial charge in [0.2, 0.25) is 5.95 Å². The van der Waals surface area contributed by atoms with E-state index in [-0.39, 0.29) is 17.7 Å². The molecule has 0 saturated carbocycles. The smallest absolute Gasteiger partial charge is 0.414 e. The minimum atomic E-state index is -0.664. The summed E-state index contributed by atoms with van der Waals surface area (Å²) in [6.07, 6.45) is 2.65. The van der Waals surface area contributed by atoms with Gasteiger partial charge in [0, 0.05) is 18.5 Å². The highest BCUT2D eigenvalue weighted by molar-refractivity contribution is 6.29. The molecule has 0 unspecified atom stereocenters. The van der Waals surface area contributed by atoms with Crippen LogP contribution in [0.5, 0.6) is 0 Å². The summed E-state index contributed by atoms with van der Waals surface area (Å²) >= 11 is 5.94. The molecule has 116 valence electrons. The molecule has 2 heterocycles. The number of aromatic nitrogens is 4.